The highest BCUT2D eigenvalue weighted by Crippen LogP contribution is 2.28. The second kappa shape index (κ2) is 6.54. The van der Waals surface area contributed by atoms with Crippen molar-refractivity contribution in [2.24, 2.45) is 0 Å². The number of piperazine rings is 1. The van der Waals surface area contributed by atoms with Crippen LogP contribution >= 0.6 is 11.5 Å². The summed E-state index contributed by atoms with van der Waals surface area (Å²) in [6.07, 6.45) is 0.737. The Morgan fingerprint density at radius 2 is 2.09 bits per heavy atom. The lowest BCUT2D eigenvalue weighted by Gasteiger charge is -2.40. The van der Waals surface area contributed by atoms with E-state index in [1.165, 1.54) is 17.1 Å². The van der Waals surface area contributed by atoms with E-state index in [-0.39, 0.29) is 11.9 Å². The van der Waals surface area contributed by atoms with Crippen LogP contribution in [0.4, 0.5) is 0 Å². The topological polar surface area (TPSA) is 49.3 Å². The molecule has 5 nitrogen and oxygen atoms in total. The highest BCUT2D eigenvalue weighted by molar-refractivity contribution is 7.08. The van der Waals surface area contributed by atoms with E-state index in [0.29, 0.717) is 4.88 Å². The van der Waals surface area contributed by atoms with Crippen LogP contribution in [0.25, 0.3) is 0 Å². The zero-order chi connectivity index (χ0) is 15.5. The van der Waals surface area contributed by atoms with Crippen LogP contribution in [0.3, 0.4) is 0 Å². The molecule has 6 heteroatoms. The number of nitrogens with zero attached hydrogens (tertiary/aromatic N) is 4. The molecule has 0 saturated carbocycles. The van der Waals surface area contributed by atoms with E-state index >= 15 is 0 Å². The predicted octanol–water partition coefficient (Wildman–Crippen LogP) is 2.23. The van der Waals surface area contributed by atoms with Gasteiger partial charge in [0.1, 0.15) is 4.88 Å². The van der Waals surface area contributed by atoms with Crippen LogP contribution in [0.15, 0.2) is 30.3 Å². The maximum atomic E-state index is 13.0. The molecule has 1 saturated heterocycles. The lowest BCUT2D eigenvalue weighted by atomic mass is 10.0. The fraction of sp³-hybridized carbons (Fsp3) is 0.438. The quantitative estimate of drug-likeness (QED) is 0.871. The second-order valence-electron chi connectivity index (χ2n) is 5.59. The molecular formula is C16H20N4OS. The molecule has 2 heterocycles. The van der Waals surface area contributed by atoms with Gasteiger partial charge in [-0.1, -0.05) is 41.7 Å². The lowest BCUT2D eigenvalue weighted by molar-refractivity contribution is 0.0501. The first-order valence-corrected chi connectivity index (χ1v) is 8.33. The molecule has 1 fully saturated rings. The van der Waals surface area contributed by atoms with E-state index in [4.69, 9.17) is 0 Å². The zero-order valence-electron chi connectivity index (χ0n) is 12.9. The van der Waals surface area contributed by atoms with Gasteiger partial charge in [-0.25, -0.2) is 0 Å². The first-order valence-electron chi connectivity index (χ1n) is 7.56. The fourth-order valence-corrected chi connectivity index (χ4v) is 3.56. The van der Waals surface area contributed by atoms with Gasteiger partial charge in [-0.05, 0) is 30.6 Å². The van der Waals surface area contributed by atoms with Gasteiger partial charge in [-0.15, -0.1) is 5.10 Å². The van der Waals surface area contributed by atoms with Crippen molar-refractivity contribution in [3.8, 4) is 0 Å². The minimum absolute atomic E-state index is 0.0637. The van der Waals surface area contributed by atoms with Gasteiger partial charge in [0, 0.05) is 19.6 Å². The summed E-state index contributed by atoms with van der Waals surface area (Å²) >= 11 is 1.21. The summed E-state index contributed by atoms with van der Waals surface area (Å²) in [5.74, 6) is 0.0637. The maximum Gasteiger partial charge on any atom is 0.268 e. The van der Waals surface area contributed by atoms with Crippen molar-refractivity contribution >= 4 is 17.4 Å². The van der Waals surface area contributed by atoms with Crippen LogP contribution < -0.4 is 0 Å². The minimum Gasteiger partial charge on any atom is -0.328 e. The van der Waals surface area contributed by atoms with Crippen molar-refractivity contribution in [1.29, 1.82) is 0 Å². The van der Waals surface area contributed by atoms with E-state index in [1.807, 2.05) is 30.0 Å². The summed E-state index contributed by atoms with van der Waals surface area (Å²) in [6.45, 7) is 4.48. The second-order valence-corrected chi connectivity index (χ2v) is 6.34. The summed E-state index contributed by atoms with van der Waals surface area (Å²) in [7, 11) is 2.10. The van der Waals surface area contributed by atoms with Crippen LogP contribution in [-0.4, -0.2) is 52.0 Å². The van der Waals surface area contributed by atoms with Crippen molar-refractivity contribution in [1.82, 2.24) is 19.4 Å². The first-order chi connectivity index (χ1) is 10.7. The molecule has 3 rings (SSSR count). The monoisotopic (exact) mass is 316 g/mol. The Kier molecular flexibility index (Phi) is 4.49. The zero-order valence-corrected chi connectivity index (χ0v) is 13.7. The molecule has 1 aliphatic rings. The Labute approximate surface area is 134 Å². The SMILES string of the molecule is CCc1nnsc1C(=O)N1CCN(C)C[C@@H]1c1ccccc1. The highest BCUT2D eigenvalue weighted by Gasteiger charge is 2.32. The Morgan fingerprint density at radius 1 is 1.32 bits per heavy atom. The number of aryl methyl sites for hydroxylation is 1. The number of likely N-dealkylation sites (N-methyl/N-ethyl adjacent to an activating group) is 1. The third kappa shape index (κ3) is 2.89. The lowest BCUT2D eigenvalue weighted by Crippen LogP contribution is -2.49. The minimum atomic E-state index is 0.0637. The number of rotatable bonds is 3. The van der Waals surface area contributed by atoms with Crippen molar-refractivity contribution in [2.75, 3.05) is 26.7 Å². The first kappa shape index (κ1) is 15.1. The number of hydrogen-bond acceptors (Lipinski definition) is 5. The van der Waals surface area contributed by atoms with Crippen molar-refractivity contribution in [3.63, 3.8) is 0 Å². The number of benzene rings is 1. The maximum absolute atomic E-state index is 13.0. The molecule has 1 amide bonds. The smallest absolute Gasteiger partial charge is 0.268 e. The van der Waals surface area contributed by atoms with Crippen molar-refractivity contribution in [3.05, 3.63) is 46.5 Å². The van der Waals surface area contributed by atoms with Crippen molar-refractivity contribution in [2.45, 2.75) is 19.4 Å². The van der Waals surface area contributed by atoms with Gasteiger partial charge in [-0.2, -0.15) is 0 Å². The van der Waals surface area contributed by atoms with E-state index in [2.05, 4.69) is 33.7 Å². The van der Waals surface area contributed by atoms with Crippen LogP contribution in [0.1, 0.15) is 33.9 Å². The molecule has 1 aliphatic heterocycles. The van der Waals surface area contributed by atoms with Crippen LogP contribution in [0.5, 0.6) is 0 Å². The summed E-state index contributed by atoms with van der Waals surface area (Å²) in [5, 5.41) is 4.07. The van der Waals surface area contributed by atoms with Crippen molar-refractivity contribution < 1.29 is 4.79 Å². The molecule has 1 atom stereocenters. The fourth-order valence-electron chi connectivity index (χ4n) is 2.86. The third-order valence-corrected chi connectivity index (χ3v) is 4.87. The standard InChI is InChI=1S/C16H20N4OS/c1-3-13-15(22-18-17-13)16(21)20-10-9-19(2)11-14(20)12-7-5-4-6-8-12/h4-8,14H,3,9-11H2,1-2H3/t14-/m1/s1. The number of aromatic nitrogens is 2. The molecule has 0 aliphatic carbocycles. The average Bonchev–Trinajstić information content (AvgIpc) is 3.03. The van der Waals surface area contributed by atoms with Gasteiger partial charge in [0.25, 0.3) is 5.91 Å². The molecule has 0 spiro atoms. The molecule has 0 N–H and O–H groups in total. The van der Waals surface area contributed by atoms with Crippen LogP contribution in [-0.2, 0) is 6.42 Å². The summed E-state index contributed by atoms with van der Waals surface area (Å²) in [5.41, 5.74) is 1.98. The Hall–Kier alpha value is -1.79. The van der Waals surface area contributed by atoms with Gasteiger partial charge in [0.05, 0.1) is 11.7 Å². The normalized spacial score (nSPS) is 19.4. The Morgan fingerprint density at radius 3 is 2.82 bits per heavy atom. The number of carbonyl (C=O) groups is 1. The summed E-state index contributed by atoms with van der Waals surface area (Å²) < 4.78 is 3.96. The Balaban J connectivity index is 1.91. The molecule has 0 unspecified atom stereocenters. The molecule has 116 valence electrons. The molecule has 2 aromatic rings. The Bertz CT molecular complexity index is 643. The summed E-state index contributed by atoms with van der Waals surface area (Å²) in [4.78, 5) is 17.9. The van der Waals surface area contributed by atoms with Crippen LogP contribution in [0, 0.1) is 0 Å². The third-order valence-electron chi connectivity index (χ3n) is 4.11. The number of amides is 1. The molecule has 1 aromatic carbocycles. The molecular weight excluding hydrogens is 296 g/mol. The van der Waals surface area contributed by atoms with Gasteiger partial charge in [0.15, 0.2) is 0 Å². The van der Waals surface area contributed by atoms with E-state index in [9.17, 15) is 4.79 Å². The molecule has 1 aromatic heterocycles. The number of carbonyl (C=O) groups excluding carboxylic acids is 1. The van der Waals surface area contributed by atoms with Gasteiger partial charge >= 0.3 is 0 Å². The molecule has 0 bridgehead atoms. The van der Waals surface area contributed by atoms with Gasteiger partial charge in [-0.3, -0.25) is 4.79 Å². The van der Waals surface area contributed by atoms with E-state index < -0.39 is 0 Å². The van der Waals surface area contributed by atoms with Crippen LogP contribution in [0.2, 0.25) is 0 Å². The molecule has 0 radical (unpaired) electrons. The van der Waals surface area contributed by atoms with E-state index in [1.54, 1.807) is 0 Å². The number of hydrogen-bond donors (Lipinski definition) is 0. The predicted molar refractivity (Wildman–Crippen MR) is 87.0 cm³/mol. The highest BCUT2D eigenvalue weighted by atomic mass is 32.1. The largest absolute Gasteiger partial charge is 0.328 e. The summed E-state index contributed by atoms with van der Waals surface area (Å²) in [6, 6.07) is 10.3. The average molecular weight is 316 g/mol. The van der Waals surface area contributed by atoms with E-state index in [0.717, 1.165) is 31.7 Å². The van der Waals surface area contributed by atoms with Gasteiger partial charge in [0.2, 0.25) is 0 Å². The van der Waals surface area contributed by atoms with Gasteiger partial charge < -0.3 is 9.80 Å². The molecule has 22 heavy (non-hydrogen) atoms.